The van der Waals surface area contributed by atoms with E-state index in [0.717, 1.165) is 24.4 Å². The molecule has 0 aromatic rings. The van der Waals surface area contributed by atoms with Gasteiger partial charge in [-0.25, -0.2) is 0 Å². The van der Waals surface area contributed by atoms with Crippen molar-refractivity contribution in [3.8, 4) is 0 Å². The third kappa shape index (κ3) is 3.23. The fourth-order valence-electron chi connectivity index (χ4n) is 3.34. The second-order valence-corrected chi connectivity index (χ2v) is 6.48. The van der Waals surface area contributed by atoms with Crippen LogP contribution in [0.4, 0.5) is 0 Å². The number of ether oxygens (including phenoxy) is 1. The first-order chi connectivity index (χ1) is 8.15. The Labute approximate surface area is 107 Å². The predicted octanol–water partition coefficient (Wildman–Crippen LogP) is 3.36. The number of nitrogens with one attached hydrogen (secondary N) is 1. The number of rotatable bonds is 5. The molecule has 2 saturated carbocycles. The van der Waals surface area contributed by atoms with Crippen molar-refractivity contribution >= 4 is 0 Å². The molecule has 0 saturated heterocycles. The van der Waals surface area contributed by atoms with E-state index in [9.17, 15) is 0 Å². The molecular weight excluding hydrogens is 210 g/mol. The highest BCUT2D eigenvalue weighted by atomic mass is 16.5. The maximum Gasteiger partial charge on any atom is 0.0802 e. The molecule has 0 aromatic heterocycles. The summed E-state index contributed by atoms with van der Waals surface area (Å²) in [5, 5.41) is 3.75. The van der Waals surface area contributed by atoms with Gasteiger partial charge in [-0.3, -0.25) is 0 Å². The van der Waals surface area contributed by atoms with Crippen molar-refractivity contribution in [2.24, 2.45) is 11.8 Å². The van der Waals surface area contributed by atoms with Gasteiger partial charge in [0.1, 0.15) is 0 Å². The minimum Gasteiger partial charge on any atom is -0.377 e. The summed E-state index contributed by atoms with van der Waals surface area (Å²) >= 11 is 0. The minimum absolute atomic E-state index is 0.189. The minimum atomic E-state index is 0.189. The normalized spacial score (nSPS) is 32.5. The zero-order chi connectivity index (χ0) is 12.3. The maximum atomic E-state index is 5.66. The first kappa shape index (κ1) is 13.4. The van der Waals surface area contributed by atoms with Crippen molar-refractivity contribution in [3.05, 3.63) is 0 Å². The maximum absolute atomic E-state index is 5.66. The van der Waals surface area contributed by atoms with Crippen molar-refractivity contribution in [1.29, 1.82) is 0 Å². The number of hydrogen-bond acceptors (Lipinski definition) is 2. The van der Waals surface area contributed by atoms with Crippen LogP contribution in [0.25, 0.3) is 0 Å². The fourth-order valence-corrected chi connectivity index (χ4v) is 3.34. The van der Waals surface area contributed by atoms with Crippen LogP contribution in [0.1, 0.15) is 58.8 Å². The summed E-state index contributed by atoms with van der Waals surface area (Å²) in [5.74, 6) is 1.83. The molecule has 2 aliphatic rings. The van der Waals surface area contributed by atoms with Gasteiger partial charge in [0.25, 0.3) is 0 Å². The van der Waals surface area contributed by atoms with Crippen LogP contribution >= 0.6 is 0 Å². The number of hydrogen-bond donors (Lipinski definition) is 1. The van der Waals surface area contributed by atoms with E-state index < -0.39 is 0 Å². The number of methoxy groups -OCH3 is 1. The predicted molar refractivity (Wildman–Crippen MR) is 72.2 cm³/mol. The Morgan fingerprint density at radius 1 is 1.18 bits per heavy atom. The van der Waals surface area contributed by atoms with Gasteiger partial charge in [0.05, 0.1) is 5.60 Å². The molecule has 100 valence electrons. The van der Waals surface area contributed by atoms with Gasteiger partial charge in [0.15, 0.2) is 0 Å². The monoisotopic (exact) mass is 239 g/mol. The van der Waals surface area contributed by atoms with Crippen molar-refractivity contribution in [2.75, 3.05) is 13.7 Å². The molecule has 2 aliphatic carbocycles. The quantitative estimate of drug-likeness (QED) is 0.794. The molecule has 2 heteroatoms. The molecule has 0 unspecified atom stereocenters. The molecule has 0 aromatic carbocycles. The molecule has 0 atom stereocenters. The average molecular weight is 239 g/mol. The second-order valence-electron chi connectivity index (χ2n) is 6.48. The third-order valence-corrected chi connectivity index (χ3v) is 5.13. The van der Waals surface area contributed by atoms with E-state index in [1.807, 2.05) is 7.11 Å². The molecule has 0 aliphatic heterocycles. The first-order valence-corrected chi connectivity index (χ1v) is 7.44. The highest BCUT2D eigenvalue weighted by molar-refractivity contribution is 4.93. The van der Waals surface area contributed by atoms with Gasteiger partial charge in [-0.2, -0.15) is 0 Å². The van der Waals surface area contributed by atoms with Crippen molar-refractivity contribution in [1.82, 2.24) is 5.32 Å². The van der Waals surface area contributed by atoms with Gasteiger partial charge >= 0.3 is 0 Å². The average Bonchev–Trinajstić information content (AvgIpc) is 2.29. The summed E-state index contributed by atoms with van der Waals surface area (Å²) in [5.41, 5.74) is 0.189. The van der Waals surface area contributed by atoms with Gasteiger partial charge in [0.2, 0.25) is 0 Å². The van der Waals surface area contributed by atoms with Crippen LogP contribution in [0.3, 0.4) is 0 Å². The smallest absolute Gasteiger partial charge is 0.0802 e. The summed E-state index contributed by atoms with van der Waals surface area (Å²) in [6, 6.07) is 0.748. The largest absolute Gasteiger partial charge is 0.377 e. The summed E-state index contributed by atoms with van der Waals surface area (Å²) in [6.45, 7) is 5.81. The fraction of sp³-hybridized carbons (Fsp3) is 1.00. The summed E-state index contributed by atoms with van der Waals surface area (Å²) in [7, 11) is 1.87. The molecule has 0 heterocycles. The SMILES string of the molecule is COC1(CNC2CCC(C(C)C)CC2)CCC1. The first-order valence-electron chi connectivity index (χ1n) is 7.44. The van der Waals surface area contributed by atoms with Gasteiger partial charge < -0.3 is 10.1 Å². The molecular formula is C15H29NO. The Bertz CT molecular complexity index is 222. The lowest BCUT2D eigenvalue weighted by Gasteiger charge is -2.42. The van der Waals surface area contributed by atoms with Crippen molar-refractivity contribution in [2.45, 2.75) is 70.4 Å². The molecule has 0 bridgehead atoms. The second kappa shape index (κ2) is 5.71. The third-order valence-electron chi connectivity index (χ3n) is 5.13. The van der Waals surface area contributed by atoms with E-state index in [-0.39, 0.29) is 5.60 Å². The topological polar surface area (TPSA) is 21.3 Å². The Morgan fingerprint density at radius 2 is 1.82 bits per heavy atom. The Kier molecular flexibility index (Phi) is 4.48. The van der Waals surface area contributed by atoms with Crippen LogP contribution < -0.4 is 5.32 Å². The van der Waals surface area contributed by atoms with E-state index in [1.54, 1.807) is 0 Å². The summed E-state index contributed by atoms with van der Waals surface area (Å²) < 4.78 is 5.66. The van der Waals surface area contributed by atoms with Gasteiger partial charge in [-0.05, 0) is 56.8 Å². The molecule has 0 amide bonds. The molecule has 0 spiro atoms. The summed E-state index contributed by atoms with van der Waals surface area (Å²) in [6.07, 6.45) is 9.39. The molecule has 2 rings (SSSR count). The standard InChI is InChI=1S/C15H29NO/c1-12(2)13-5-7-14(8-6-13)16-11-15(17-3)9-4-10-15/h12-14,16H,4-11H2,1-3H3. The van der Waals surface area contributed by atoms with E-state index in [4.69, 9.17) is 4.74 Å². The van der Waals surface area contributed by atoms with E-state index >= 15 is 0 Å². The zero-order valence-electron chi connectivity index (χ0n) is 11.8. The molecule has 0 radical (unpaired) electrons. The Hall–Kier alpha value is -0.0800. The molecule has 17 heavy (non-hydrogen) atoms. The molecule has 2 nitrogen and oxygen atoms in total. The zero-order valence-corrected chi connectivity index (χ0v) is 11.8. The van der Waals surface area contributed by atoms with E-state index in [0.29, 0.717) is 0 Å². The van der Waals surface area contributed by atoms with Crippen molar-refractivity contribution in [3.63, 3.8) is 0 Å². The van der Waals surface area contributed by atoms with Gasteiger partial charge in [-0.15, -0.1) is 0 Å². The lowest BCUT2D eigenvalue weighted by atomic mass is 9.78. The highest BCUT2D eigenvalue weighted by Crippen LogP contribution is 2.35. The molecule has 2 fully saturated rings. The van der Waals surface area contributed by atoms with Crippen LogP contribution in [0.15, 0.2) is 0 Å². The Balaban J connectivity index is 1.68. The summed E-state index contributed by atoms with van der Waals surface area (Å²) in [4.78, 5) is 0. The van der Waals surface area contributed by atoms with E-state index in [2.05, 4.69) is 19.2 Å². The lowest BCUT2D eigenvalue weighted by molar-refractivity contribution is -0.0716. The van der Waals surface area contributed by atoms with Crippen LogP contribution in [0, 0.1) is 11.8 Å². The van der Waals surface area contributed by atoms with Crippen LogP contribution in [0.2, 0.25) is 0 Å². The Morgan fingerprint density at radius 3 is 2.24 bits per heavy atom. The molecule has 1 N–H and O–H groups in total. The van der Waals surface area contributed by atoms with Crippen LogP contribution in [0.5, 0.6) is 0 Å². The van der Waals surface area contributed by atoms with Gasteiger partial charge in [0, 0.05) is 19.7 Å². The van der Waals surface area contributed by atoms with Gasteiger partial charge in [-0.1, -0.05) is 13.8 Å². The van der Waals surface area contributed by atoms with Crippen LogP contribution in [-0.2, 0) is 4.74 Å². The van der Waals surface area contributed by atoms with Crippen molar-refractivity contribution < 1.29 is 4.74 Å². The lowest BCUT2D eigenvalue weighted by Crippen LogP contribution is -2.50. The van der Waals surface area contributed by atoms with E-state index in [1.165, 1.54) is 44.9 Å². The van der Waals surface area contributed by atoms with Crippen LogP contribution in [-0.4, -0.2) is 25.3 Å². The highest BCUT2D eigenvalue weighted by Gasteiger charge is 2.37.